The largest absolute Gasteiger partial charge is 0.494 e. The molecule has 3 heterocycles. The fourth-order valence-electron chi connectivity index (χ4n) is 5.37. The van der Waals surface area contributed by atoms with Gasteiger partial charge in [0, 0.05) is 80.4 Å². The number of piperidine rings is 1. The third-order valence-corrected chi connectivity index (χ3v) is 7.62. The molecule has 1 amide bonds. The summed E-state index contributed by atoms with van der Waals surface area (Å²) in [6, 6.07) is 20.4. The zero-order valence-electron chi connectivity index (χ0n) is 21.3. The van der Waals surface area contributed by atoms with Crippen LogP contribution in [0.3, 0.4) is 0 Å². The van der Waals surface area contributed by atoms with Crippen molar-refractivity contribution in [3.63, 3.8) is 0 Å². The van der Waals surface area contributed by atoms with Gasteiger partial charge in [0.15, 0.2) is 0 Å². The molecule has 0 spiro atoms. The summed E-state index contributed by atoms with van der Waals surface area (Å²) in [7, 11) is 0. The van der Waals surface area contributed by atoms with Crippen molar-refractivity contribution in [1.29, 1.82) is 0 Å². The van der Waals surface area contributed by atoms with Gasteiger partial charge in [0.05, 0.1) is 6.61 Å². The Labute approximate surface area is 224 Å². The van der Waals surface area contributed by atoms with Gasteiger partial charge in [0.1, 0.15) is 5.75 Å². The van der Waals surface area contributed by atoms with Crippen molar-refractivity contribution in [3.8, 4) is 5.75 Å². The minimum absolute atomic E-state index is 0.101. The number of ether oxygens (including phenoxy) is 1. The highest BCUT2D eigenvalue weighted by molar-refractivity contribution is 6.30. The van der Waals surface area contributed by atoms with E-state index in [4.69, 9.17) is 16.3 Å². The summed E-state index contributed by atoms with van der Waals surface area (Å²) in [5.74, 6) is 1.00. The van der Waals surface area contributed by atoms with Crippen molar-refractivity contribution in [2.45, 2.75) is 38.3 Å². The minimum Gasteiger partial charge on any atom is -0.494 e. The van der Waals surface area contributed by atoms with Gasteiger partial charge in [-0.15, -0.1) is 0 Å². The monoisotopic (exact) mass is 518 g/mol. The molecule has 0 N–H and O–H groups in total. The van der Waals surface area contributed by atoms with Crippen molar-refractivity contribution < 1.29 is 9.53 Å². The molecule has 0 bridgehead atoms. The van der Waals surface area contributed by atoms with Crippen LogP contribution in [0.25, 0.3) is 0 Å². The Hall–Kier alpha value is -3.09. The quantitative estimate of drug-likeness (QED) is 0.393. The molecule has 6 nitrogen and oxygen atoms in total. The van der Waals surface area contributed by atoms with Crippen LogP contribution in [0.15, 0.2) is 73.1 Å². The van der Waals surface area contributed by atoms with Gasteiger partial charge in [0.2, 0.25) is 0 Å². The van der Waals surface area contributed by atoms with Crippen molar-refractivity contribution in [1.82, 2.24) is 14.8 Å². The zero-order chi connectivity index (χ0) is 25.5. The molecule has 1 aromatic heterocycles. The van der Waals surface area contributed by atoms with Crippen LogP contribution in [0.1, 0.15) is 41.6 Å². The van der Waals surface area contributed by atoms with Crippen molar-refractivity contribution >= 4 is 23.2 Å². The maximum absolute atomic E-state index is 13.0. The van der Waals surface area contributed by atoms with E-state index in [1.165, 1.54) is 11.3 Å². The fraction of sp³-hybridized carbons (Fsp3) is 0.400. The lowest BCUT2D eigenvalue weighted by atomic mass is 9.98. The number of anilines is 1. The average molecular weight is 519 g/mol. The second kappa shape index (κ2) is 12.4. The number of pyridine rings is 1. The number of aromatic nitrogens is 1. The number of carbonyl (C=O) groups is 1. The predicted octanol–water partition coefficient (Wildman–Crippen LogP) is 5.52. The number of piperazine rings is 1. The molecule has 1 atom stereocenters. The lowest BCUT2D eigenvalue weighted by molar-refractivity contribution is 0.0580. The van der Waals surface area contributed by atoms with Gasteiger partial charge in [-0.1, -0.05) is 29.8 Å². The maximum atomic E-state index is 13.0. The van der Waals surface area contributed by atoms with Gasteiger partial charge < -0.3 is 14.5 Å². The summed E-state index contributed by atoms with van der Waals surface area (Å²) in [5, 5.41) is 0.785. The molecule has 2 saturated heterocycles. The molecule has 2 aliphatic rings. The first kappa shape index (κ1) is 25.6. The SMILES string of the molecule is O=C(c1ccncc1)N1CCCC[C@@H]1CCOc1cccc(CN2CCN(c3cccc(Cl)c3)CC2)c1. The molecule has 2 aliphatic heterocycles. The number of hydrogen-bond donors (Lipinski definition) is 0. The van der Waals surface area contributed by atoms with Crippen molar-refractivity contribution in [3.05, 3.63) is 89.2 Å². The van der Waals surface area contributed by atoms with Crippen molar-refractivity contribution in [2.75, 3.05) is 44.2 Å². The lowest BCUT2D eigenvalue weighted by Gasteiger charge is -2.36. The van der Waals surface area contributed by atoms with Crippen LogP contribution in [-0.2, 0) is 6.54 Å². The summed E-state index contributed by atoms with van der Waals surface area (Å²) in [6.45, 7) is 6.34. The number of carbonyl (C=O) groups excluding carboxylic acids is 1. The van der Waals surface area contributed by atoms with E-state index in [1.807, 2.05) is 29.2 Å². The first-order valence-corrected chi connectivity index (χ1v) is 13.7. The average Bonchev–Trinajstić information content (AvgIpc) is 2.94. The van der Waals surface area contributed by atoms with E-state index in [0.717, 1.165) is 75.7 Å². The van der Waals surface area contributed by atoms with Crippen molar-refractivity contribution in [2.24, 2.45) is 0 Å². The molecule has 0 aliphatic carbocycles. The van der Waals surface area contributed by atoms with Crippen LogP contribution in [0.5, 0.6) is 5.75 Å². The molecule has 7 heteroatoms. The van der Waals surface area contributed by atoms with Gasteiger partial charge in [-0.2, -0.15) is 0 Å². The number of amides is 1. The number of rotatable bonds is 8. The maximum Gasteiger partial charge on any atom is 0.254 e. The third kappa shape index (κ3) is 6.82. The Morgan fingerprint density at radius 1 is 0.946 bits per heavy atom. The first-order chi connectivity index (χ1) is 18.2. The van der Waals surface area contributed by atoms with Crippen LogP contribution in [0.2, 0.25) is 5.02 Å². The Morgan fingerprint density at radius 3 is 2.57 bits per heavy atom. The normalized spacial score (nSPS) is 18.6. The number of hydrogen-bond acceptors (Lipinski definition) is 5. The highest BCUT2D eigenvalue weighted by Crippen LogP contribution is 2.24. The smallest absolute Gasteiger partial charge is 0.254 e. The van der Waals surface area contributed by atoms with E-state index in [9.17, 15) is 4.79 Å². The molecule has 3 aromatic rings. The molecular formula is C30H35ClN4O2. The summed E-state index contributed by atoms with van der Waals surface area (Å²) in [4.78, 5) is 24.0. The number of nitrogens with zero attached hydrogens (tertiary/aromatic N) is 4. The highest BCUT2D eigenvalue weighted by Gasteiger charge is 2.27. The van der Waals surface area contributed by atoms with Crippen LogP contribution in [0, 0.1) is 0 Å². The summed E-state index contributed by atoms with van der Waals surface area (Å²) in [6.07, 6.45) is 7.45. The van der Waals surface area contributed by atoms with Crippen LogP contribution < -0.4 is 9.64 Å². The summed E-state index contributed by atoms with van der Waals surface area (Å²) < 4.78 is 6.17. The van der Waals surface area contributed by atoms with E-state index in [0.29, 0.717) is 12.2 Å². The second-order valence-corrected chi connectivity index (χ2v) is 10.3. The number of likely N-dealkylation sites (tertiary alicyclic amines) is 1. The molecule has 0 radical (unpaired) electrons. The Bertz CT molecular complexity index is 1170. The van der Waals surface area contributed by atoms with E-state index in [2.05, 4.69) is 39.0 Å². The molecule has 2 fully saturated rings. The molecule has 37 heavy (non-hydrogen) atoms. The molecule has 0 unspecified atom stereocenters. The van der Waals surface area contributed by atoms with E-state index >= 15 is 0 Å². The number of benzene rings is 2. The molecule has 5 rings (SSSR count). The Kier molecular flexibility index (Phi) is 8.59. The fourth-order valence-corrected chi connectivity index (χ4v) is 5.55. The molecule has 0 saturated carbocycles. The zero-order valence-corrected chi connectivity index (χ0v) is 22.0. The first-order valence-electron chi connectivity index (χ1n) is 13.3. The number of halogens is 1. The molecule has 2 aromatic carbocycles. The summed E-state index contributed by atoms with van der Waals surface area (Å²) >= 11 is 6.17. The van der Waals surface area contributed by atoms with Gasteiger partial charge in [0.25, 0.3) is 5.91 Å². The third-order valence-electron chi connectivity index (χ3n) is 7.39. The topological polar surface area (TPSA) is 48.9 Å². The van der Waals surface area contributed by atoms with Gasteiger partial charge in [-0.3, -0.25) is 14.7 Å². The Balaban J connectivity index is 1.10. The summed E-state index contributed by atoms with van der Waals surface area (Å²) in [5.41, 5.74) is 3.17. The van der Waals surface area contributed by atoms with Crippen LogP contribution >= 0.6 is 11.6 Å². The van der Waals surface area contributed by atoms with Crippen LogP contribution in [-0.4, -0.2) is 66.1 Å². The van der Waals surface area contributed by atoms with Crippen LogP contribution in [0.4, 0.5) is 5.69 Å². The predicted molar refractivity (Wildman–Crippen MR) is 148 cm³/mol. The van der Waals surface area contributed by atoms with E-state index in [-0.39, 0.29) is 11.9 Å². The van der Waals surface area contributed by atoms with Gasteiger partial charge in [-0.25, -0.2) is 0 Å². The Morgan fingerprint density at radius 2 is 1.76 bits per heavy atom. The highest BCUT2D eigenvalue weighted by atomic mass is 35.5. The molecular weight excluding hydrogens is 484 g/mol. The van der Waals surface area contributed by atoms with Gasteiger partial charge >= 0.3 is 0 Å². The van der Waals surface area contributed by atoms with E-state index < -0.39 is 0 Å². The second-order valence-electron chi connectivity index (χ2n) is 9.91. The molecule has 194 valence electrons. The van der Waals surface area contributed by atoms with Gasteiger partial charge in [-0.05, 0) is 67.3 Å². The lowest BCUT2D eigenvalue weighted by Crippen LogP contribution is -2.45. The van der Waals surface area contributed by atoms with E-state index in [1.54, 1.807) is 24.5 Å². The minimum atomic E-state index is 0.101. The standard InChI is InChI=1S/C30H35ClN4O2/c31-26-6-4-8-28(22-26)34-18-16-33(17-19-34)23-24-5-3-9-29(21-24)37-20-12-27-7-1-2-15-35(27)30(36)25-10-13-32-14-11-25/h3-6,8-11,13-14,21-22,27H,1-2,7,12,15-20,23H2/t27-/m1/s1.